The van der Waals surface area contributed by atoms with Crippen molar-refractivity contribution in [2.24, 2.45) is 0 Å². The van der Waals surface area contributed by atoms with Gasteiger partial charge in [-0.3, -0.25) is 0 Å². The highest BCUT2D eigenvalue weighted by atomic mass is 79.9. The van der Waals surface area contributed by atoms with E-state index in [4.69, 9.17) is 10.5 Å². The molecule has 0 atom stereocenters. The van der Waals surface area contributed by atoms with E-state index in [2.05, 4.69) is 69.5 Å². The summed E-state index contributed by atoms with van der Waals surface area (Å²) in [7, 11) is 8.63. The summed E-state index contributed by atoms with van der Waals surface area (Å²) in [6.07, 6.45) is 13.8. The van der Waals surface area contributed by atoms with Crippen LogP contribution in [0.15, 0.2) is 0 Å². The third-order valence-corrected chi connectivity index (χ3v) is 3.47. The Hall–Kier alpha value is -0.0101. The maximum atomic E-state index is 7.52. The number of unbranched alkanes of at least 4 members (excludes halogenated alkanes) is 7. The molecule has 0 aromatic carbocycles. The first kappa shape index (κ1) is 28.8. The van der Waals surface area contributed by atoms with Gasteiger partial charge in [-0.1, -0.05) is 38.5 Å². The van der Waals surface area contributed by atoms with Gasteiger partial charge in [-0.2, -0.15) is 0 Å². The molecule has 0 saturated heterocycles. The van der Waals surface area contributed by atoms with E-state index in [1.807, 2.05) is 0 Å². The maximum Gasteiger partial charge on any atom is 0.342 e. The Morgan fingerprint density at radius 1 is 0.625 bits per heavy atom. The quantitative estimate of drug-likeness (QED) is 0.342. The van der Waals surface area contributed by atoms with Crippen LogP contribution in [-0.2, 0) is 0 Å². The smallest absolute Gasteiger partial charge is 0.309 e. The number of nitrogens with zero attached hydrogens (tertiary/aromatic N) is 4. The molecule has 0 aliphatic rings. The molecule has 8 heteroatoms. The van der Waals surface area contributed by atoms with Gasteiger partial charge >= 0.3 is 12.2 Å². The summed E-state index contributed by atoms with van der Waals surface area (Å²) < 4.78 is 0. The second-order valence-electron chi connectivity index (χ2n) is 5.91. The minimum atomic E-state index is 1.24. The van der Waals surface area contributed by atoms with Crippen LogP contribution in [0.3, 0.4) is 0 Å². The van der Waals surface area contributed by atoms with Crippen LogP contribution in [0.1, 0.15) is 51.4 Å². The molecule has 0 amide bonds. The first-order valence-electron chi connectivity index (χ1n) is 8.38. The highest BCUT2D eigenvalue weighted by Gasteiger charge is 1.94. The standard InChI is InChI=1S/C14H32N2.2CBBrN/c1-15(2)13-11-9-7-5-6-8-10-12-14-16(3)4;2*3-2-1-4/h5-14H2,1-4H3;;. The lowest BCUT2D eigenvalue weighted by molar-refractivity contribution is 0.384. The molecule has 0 spiro atoms. The monoisotopic (exact) mass is 460 g/mol. The van der Waals surface area contributed by atoms with Gasteiger partial charge in [0.15, 0.2) is 0 Å². The van der Waals surface area contributed by atoms with Crippen molar-refractivity contribution >= 4 is 43.7 Å². The van der Waals surface area contributed by atoms with Crippen molar-refractivity contribution in [2.45, 2.75) is 51.4 Å². The molecule has 0 saturated carbocycles. The van der Waals surface area contributed by atoms with E-state index >= 15 is 0 Å². The summed E-state index contributed by atoms with van der Waals surface area (Å²) in [6.45, 7) is 2.51. The first-order chi connectivity index (χ1) is 11.5. The number of hydrogen-bond acceptors (Lipinski definition) is 4. The van der Waals surface area contributed by atoms with Crippen molar-refractivity contribution in [3.63, 3.8) is 0 Å². The van der Waals surface area contributed by atoms with Crippen LogP contribution in [0.5, 0.6) is 0 Å². The average molecular weight is 462 g/mol. The minimum absolute atomic E-state index is 1.24. The van der Waals surface area contributed by atoms with Gasteiger partial charge in [0.1, 0.15) is 0 Å². The average Bonchev–Trinajstić information content (AvgIpc) is 2.56. The highest BCUT2D eigenvalue weighted by molar-refractivity contribution is 9.23. The summed E-state index contributed by atoms with van der Waals surface area (Å²) in [5.41, 5.74) is 0. The zero-order chi connectivity index (χ0) is 19.1. The molecular formula is C16H32B2Br2N4. The van der Waals surface area contributed by atoms with E-state index in [1.54, 1.807) is 11.9 Å². The van der Waals surface area contributed by atoms with Crippen molar-refractivity contribution < 1.29 is 0 Å². The van der Waals surface area contributed by atoms with E-state index < -0.39 is 0 Å². The van der Waals surface area contributed by atoms with Gasteiger partial charge in [-0.25, -0.2) is 10.5 Å². The van der Waals surface area contributed by atoms with E-state index in [0.29, 0.717) is 0 Å². The minimum Gasteiger partial charge on any atom is -0.309 e. The van der Waals surface area contributed by atoms with Crippen molar-refractivity contribution in [3.8, 4) is 11.9 Å². The lowest BCUT2D eigenvalue weighted by Crippen LogP contribution is -2.12. The Morgan fingerprint density at radius 3 is 1.00 bits per heavy atom. The molecule has 0 aliphatic heterocycles. The molecule has 0 N–H and O–H groups in total. The van der Waals surface area contributed by atoms with Gasteiger partial charge in [0.05, 0.1) is 0 Å². The third-order valence-electron chi connectivity index (χ3n) is 3.06. The van der Waals surface area contributed by atoms with Gasteiger partial charge in [0.25, 0.3) is 0 Å². The van der Waals surface area contributed by atoms with Gasteiger partial charge in [-0.15, -0.1) is 31.5 Å². The molecule has 0 aromatic rings. The summed E-state index contributed by atoms with van der Waals surface area (Å²) in [5.74, 6) is 3.44. The Morgan fingerprint density at radius 2 is 0.833 bits per heavy atom. The van der Waals surface area contributed by atoms with Crippen molar-refractivity contribution in [1.82, 2.24) is 9.80 Å². The molecule has 2 radical (unpaired) electrons. The van der Waals surface area contributed by atoms with Crippen LogP contribution < -0.4 is 0 Å². The summed E-state index contributed by atoms with van der Waals surface area (Å²) in [5, 5.41) is 15.0. The third kappa shape index (κ3) is 43.1. The van der Waals surface area contributed by atoms with Crippen LogP contribution in [0, 0.1) is 22.5 Å². The first-order valence-corrected chi connectivity index (χ1v) is 10.2. The van der Waals surface area contributed by atoms with Crippen LogP contribution in [0.2, 0.25) is 0 Å². The van der Waals surface area contributed by atoms with Gasteiger partial charge in [-0.05, 0) is 54.1 Å². The van der Waals surface area contributed by atoms with Crippen molar-refractivity contribution in [1.29, 1.82) is 10.5 Å². The predicted octanol–water partition coefficient (Wildman–Crippen LogP) is 4.19. The molecule has 0 aromatic heterocycles. The molecule has 136 valence electrons. The summed E-state index contributed by atoms with van der Waals surface area (Å²) >= 11 is 5.52. The number of halogens is 2. The molecule has 0 aliphatic carbocycles. The zero-order valence-corrected chi connectivity index (χ0v) is 18.9. The Kier molecular flexibility index (Phi) is 33.4. The Balaban J connectivity index is -0.000000457. The molecule has 24 heavy (non-hydrogen) atoms. The fourth-order valence-electron chi connectivity index (χ4n) is 1.92. The summed E-state index contributed by atoms with van der Waals surface area (Å²) in [6, 6.07) is 0. The molecule has 0 rings (SSSR count). The number of rotatable bonds is 11. The van der Waals surface area contributed by atoms with Crippen LogP contribution in [0.4, 0.5) is 0 Å². The molecule has 4 nitrogen and oxygen atoms in total. The fourth-order valence-corrected chi connectivity index (χ4v) is 1.92. The van der Waals surface area contributed by atoms with Crippen LogP contribution in [-0.4, -0.2) is 63.3 Å². The molecule has 0 unspecified atom stereocenters. The van der Waals surface area contributed by atoms with Gasteiger partial charge in [0, 0.05) is 11.9 Å². The Labute approximate surface area is 168 Å². The normalized spacial score (nSPS) is 9.08. The maximum absolute atomic E-state index is 7.52. The lowest BCUT2D eigenvalue weighted by atomic mass is 10.1. The largest absolute Gasteiger partial charge is 0.342 e. The number of hydrogen-bond donors (Lipinski definition) is 0. The van der Waals surface area contributed by atoms with E-state index in [9.17, 15) is 0 Å². The van der Waals surface area contributed by atoms with Gasteiger partial charge in [0.2, 0.25) is 0 Å². The highest BCUT2D eigenvalue weighted by Crippen LogP contribution is 2.08. The van der Waals surface area contributed by atoms with E-state index in [-0.39, 0.29) is 0 Å². The van der Waals surface area contributed by atoms with Crippen molar-refractivity contribution in [3.05, 3.63) is 0 Å². The predicted molar refractivity (Wildman–Crippen MR) is 115 cm³/mol. The van der Waals surface area contributed by atoms with E-state index in [0.717, 1.165) is 0 Å². The zero-order valence-electron chi connectivity index (χ0n) is 15.8. The van der Waals surface area contributed by atoms with Crippen LogP contribution in [0.25, 0.3) is 0 Å². The van der Waals surface area contributed by atoms with Crippen molar-refractivity contribution in [2.75, 3.05) is 41.3 Å². The molecule has 0 bridgehead atoms. The number of nitriles is 2. The topological polar surface area (TPSA) is 54.1 Å². The van der Waals surface area contributed by atoms with E-state index in [1.165, 1.54) is 76.7 Å². The van der Waals surface area contributed by atoms with Crippen LogP contribution >= 0.6 is 31.5 Å². The molecule has 0 fully saturated rings. The Bertz CT molecular complexity index is 275. The second-order valence-corrected chi connectivity index (χ2v) is 6.83. The molecule has 0 heterocycles. The molecular weight excluding hydrogens is 430 g/mol. The fraction of sp³-hybridized carbons (Fsp3) is 0.875. The second kappa shape index (κ2) is 27.8. The van der Waals surface area contributed by atoms with Gasteiger partial charge < -0.3 is 9.80 Å². The SMILES string of the molecule is CN(C)CCCCCCCCCCN(C)C.N#C[B]Br.N#C[B]Br. The summed E-state index contributed by atoms with van der Waals surface area (Å²) in [4.78, 5) is 4.56. The lowest BCUT2D eigenvalue weighted by Gasteiger charge is -2.09.